The van der Waals surface area contributed by atoms with E-state index in [1.54, 1.807) is 6.20 Å². The molecule has 0 radical (unpaired) electrons. The quantitative estimate of drug-likeness (QED) is 0.311. The van der Waals surface area contributed by atoms with Crippen LogP contribution in [0.5, 0.6) is 0 Å². The number of aryl methyl sites for hydroxylation is 1. The van der Waals surface area contributed by atoms with Crippen molar-refractivity contribution >= 4 is 38.3 Å². The van der Waals surface area contributed by atoms with E-state index >= 15 is 0 Å². The molecule has 0 aliphatic heterocycles. The number of nitrogens with one attached hydrogen (secondary N) is 2. The summed E-state index contributed by atoms with van der Waals surface area (Å²) in [5, 5.41) is 9.85. The first kappa shape index (κ1) is 20.4. The molecule has 6 nitrogen and oxygen atoms in total. The zero-order valence-corrected chi connectivity index (χ0v) is 20.2. The number of nitrogens with zero attached hydrogens (tertiary/aromatic N) is 4. The van der Waals surface area contributed by atoms with Crippen molar-refractivity contribution in [3.8, 4) is 11.3 Å². The van der Waals surface area contributed by atoms with Gasteiger partial charge in [-0.2, -0.15) is 9.61 Å². The minimum absolute atomic E-state index is 0.322. The SMILES string of the molecule is CC(C)c1cnn2c(NC3CCc4[nH]c5ccccc5c4C3)cc(-c3cncc(Br)c3)nc12. The fourth-order valence-corrected chi connectivity index (χ4v) is 5.26. The molecule has 0 bridgehead atoms. The minimum atomic E-state index is 0.322. The summed E-state index contributed by atoms with van der Waals surface area (Å²) in [6.07, 6.45) is 8.68. The molecule has 1 aliphatic rings. The summed E-state index contributed by atoms with van der Waals surface area (Å²) in [6.45, 7) is 4.36. The first-order valence-corrected chi connectivity index (χ1v) is 12.2. The number of aromatic amines is 1. The van der Waals surface area contributed by atoms with Crippen LogP contribution in [-0.4, -0.2) is 30.6 Å². The highest BCUT2D eigenvalue weighted by Gasteiger charge is 2.24. The molecule has 7 heteroatoms. The van der Waals surface area contributed by atoms with Gasteiger partial charge in [0.15, 0.2) is 5.65 Å². The van der Waals surface area contributed by atoms with E-state index in [0.717, 1.165) is 52.0 Å². The van der Waals surface area contributed by atoms with Crippen molar-refractivity contribution in [3.05, 3.63) is 76.3 Å². The lowest BCUT2D eigenvalue weighted by molar-refractivity contribution is 0.603. The van der Waals surface area contributed by atoms with Gasteiger partial charge in [-0.3, -0.25) is 4.98 Å². The van der Waals surface area contributed by atoms with Crippen LogP contribution >= 0.6 is 15.9 Å². The van der Waals surface area contributed by atoms with Crippen molar-refractivity contribution in [1.82, 2.24) is 24.6 Å². The van der Waals surface area contributed by atoms with Gasteiger partial charge in [-0.05, 0) is 58.8 Å². The van der Waals surface area contributed by atoms with Crippen LogP contribution in [0.1, 0.15) is 43.0 Å². The fraction of sp³-hybridized carbons (Fsp3) is 0.269. The highest BCUT2D eigenvalue weighted by molar-refractivity contribution is 9.10. The van der Waals surface area contributed by atoms with E-state index < -0.39 is 0 Å². The average molecular weight is 501 g/mol. The Morgan fingerprint density at radius 1 is 1.15 bits per heavy atom. The maximum atomic E-state index is 4.98. The normalized spacial score (nSPS) is 15.9. The molecule has 0 saturated carbocycles. The summed E-state index contributed by atoms with van der Waals surface area (Å²) < 4.78 is 2.89. The Balaban J connectivity index is 1.41. The first-order chi connectivity index (χ1) is 16.1. The van der Waals surface area contributed by atoms with Gasteiger partial charge in [0, 0.05) is 56.7 Å². The molecular weight excluding hydrogens is 476 g/mol. The molecule has 1 unspecified atom stereocenters. The second kappa shape index (κ2) is 7.99. The molecule has 0 fully saturated rings. The van der Waals surface area contributed by atoms with E-state index in [1.165, 1.54) is 22.2 Å². The highest BCUT2D eigenvalue weighted by atomic mass is 79.9. The van der Waals surface area contributed by atoms with E-state index in [9.17, 15) is 0 Å². The average Bonchev–Trinajstić information content (AvgIpc) is 3.41. The summed E-state index contributed by atoms with van der Waals surface area (Å²) in [5.74, 6) is 1.30. The molecule has 0 saturated heterocycles. The van der Waals surface area contributed by atoms with Crippen LogP contribution < -0.4 is 5.32 Å². The standard InChI is InChI=1S/C26H25BrN6/c1-15(2)21-14-29-33-25(11-24(32-26(21)33)16-9-17(27)13-28-12-16)30-18-7-8-23-20(10-18)19-5-3-4-6-22(19)31-23/h3-6,9,11-15,18,30-31H,7-8,10H2,1-2H3. The van der Waals surface area contributed by atoms with Crippen LogP contribution in [0, 0.1) is 0 Å². The molecule has 1 atom stereocenters. The predicted molar refractivity (Wildman–Crippen MR) is 136 cm³/mol. The number of anilines is 1. The summed E-state index contributed by atoms with van der Waals surface area (Å²) >= 11 is 3.54. The zero-order chi connectivity index (χ0) is 22.5. The lowest BCUT2D eigenvalue weighted by Crippen LogP contribution is -2.28. The topological polar surface area (TPSA) is 70.9 Å². The summed E-state index contributed by atoms with van der Waals surface area (Å²) in [4.78, 5) is 12.9. The number of aromatic nitrogens is 5. The lowest BCUT2D eigenvalue weighted by Gasteiger charge is -2.25. The van der Waals surface area contributed by atoms with E-state index in [0.29, 0.717) is 12.0 Å². The van der Waals surface area contributed by atoms with E-state index in [4.69, 9.17) is 10.1 Å². The van der Waals surface area contributed by atoms with Crippen LogP contribution in [0.4, 0.5) is 5.82 Å². The molecule has 5 aromatic rings. The van der Waals surface area contributed by atoms with Crippen molar-refractivity contribution < 1.29 is 0 Å². The Morgan fingerprint density at radius 3 is 2.88 bits per heavy atom. The molecular formula is C26H25BrN6. The number of halogens is 1. The van der Waals surface area contributed by atoms with Gasteiger partial charge in [0.25, 0.3) is 0 Å². The van der Waals surface area contributed by atoms with Gasteiger partial charge in [-0.25, -0.2) is 4.98 Å². The van der Waals surface area contributed by atoms with Crippen molar-refractivity contribution in [2.45, 2.75) is 45.1 Å². The van der Waals surface area contributed by atoms with Gasteiger partial charge in [0.05, 0.1) is 11.9 Å². The Labute approximate surface area is 200 Å². The second-order valence-corrected chi connectivity index (χ2v) is 10.0. The van der Waals surface area contributed by atoms with Gasteiger partial charge in [-0.1, -0.05) is 32.0 Å². The van der Waals surface area contributed by atoms with Crippen molar-refractivity contribution in [2.24, 2.45) is 0 Å². The van der Waals surface area contributed by atoms with Gasteiger partial charge in [0.2, 0.25) is 0 Å². The van der Waals surface area contributed by atoms with Crippen LogP contribution in [-0.2, 0) is 12.8 Å². The van der Waals surface area contributed by atoms with Crippen LogP contribution in [0.15, 0.2) is 59.5 Å². The molecule has 1 aromatic carbocycles. The smallest absolute Gasteiger partial charge is 0.161 e. The molecule has 4 aromatic heterocycles. The number of benzene rings is 1. The number of para-hydroxylation sites is 1. The summed E-state index contributed by atoms with van der Waals surface area (Å²) in [5.41, 5.74) is 7.94. The summed E-state index contributed by atoms with van der Waals surface area (Å²) in [7, 11) is 0. The van der Waals surface area contributed by atoms with Crippen molar-refractivity contribution in [1.29, 1.82) is 0 Å². The largest absolute Gasteiger partial charge is 0.367 e. The zero-order valence-electron chi connectivity index (χ0n) is 18.6. The third kappa shape index (κ3) is 3.60. The summed E-state index contributed by atoms with van der Waals surface area (Å²) in [6, 6.07) is 13.1. The van der Waals surface area contributed by atoms with Crippen LogP contribution in [0.2, 0.25) is 0 Å². The molecule has 2 N–H and O–H groups in total. The maximum absolute atomic E-state index is 4.98. The number of fused-ring (bicyclic) bond motifs is 4. The van der Waals surface area contributed by atoms with Crippen molar-refractivity contribution in [2.75, 3.05) is 5.32 Å². The molecule has 4 heterocycles. The fourth-order valence-electron chi connectivity index (χ4n) is 4.89. The van der Waals surface area contributed by atoms with Crippen LogP contribution in [0.25, 0.3) is 27.8 Å². The predicted octanol–water partition coefficient (Wildman–Crippen LogP) is 6.13. The number of pyridine rings is 1. The maximum Gasteiger partial charge on any atom is 0.161 e. The van der Waals surface area contributed by atoms with Crippen LogP contribution in [0.3, 0.4) is 0 Å². The Hall–Kier alpha value is -3.19. The van der Waals surface area contributed by atoms with Crippen molar-refractivity contribution in [3.63, 3.8) is 0 Å². The molecule has 6 rings (SSSR count). The van der Waals surface area contributed by atoms with Gasteiger partial charge in [-0.15, -0.1) is 0 Å². The molecule has 0 amide bonds. The van der Waals surface area contributed by atoms with Gasteiger partial charge >= 0.3 is 0 Å². The molecule has 166 valence electrons. The third-order valence-corrected chi connectivity index (χ3v) is 7.00. The minimum Gasteiger partial charge on any atom is -0.367 e. The Kier molecular flexibility index (Phi) is 4.94. The van der Waals surface area contributed by atoms with Gasteiger partial charge in [0.1, 0.15) is 5.82 Å². The monoisotopic (exact) mass is 500 g/mol. The molecule has 0 spiro atoms. The molecule has 33 heavy (non-hydrogen) atoms. The highest BCUT2D eigenvalue weighted by Crippen LogP contribution is 2.32. The Morgan fingerprint density at radius 2 is 2.03 bits per heavy atom. The third-order valence-electron chi connectivity index (χ3n) is 6.57. The van der Waals surface area contributed by atoms with Gasteiger partial charge < -0.3 is 10.3 Å². The number of hydrogen-bond donors (Lipinski definition) is 2. The Bertz CT molecular complexity index is 1480. The van der Waals surface area contributed by atoms with E-state index in [2.05, 4.69) is 81.5 Å². The first-order valence-electron chi connectivity index (χ1n) is 11.4. The number of hydrogen-bond acceptors (Lipinski definition) is 4. The number of H-pyrrole nitrogens is 1. The second-order valence-electron chi connectivity index (χ2n) is 9.12. The van der Waals surface area contributed by atoms with E-state index in [-0.39, 0.29) is 0 Å². The lowest BCUT2D eigenvalue weighted by atomic mass is 9.91. The molecule has 1 aliphatic carbocycles. The number of rotatable bonds is 4. The van der Waals surface area contributed by atoms with E-state index in [1.807, 2.05) is 16.9 Å².